The Morgan fingerprint density at radius 1 is 0.815 bits per heavy atom. The molecule has 0 saturated heterocycles. The fourth-order valence-corrected chi connectivity index (χ4v) is 3.30. The fourth-order valence-electron chi connectivity index (χ4n) is 3.30. The predicted molar refractivity (Wildman–Crippen MR) is 108 cm³/mol. The van der Waals surface area contributed by atoms with Gasteiger partial charge in [-0.15, -0.1) is 0 Å². The van der Waals surface area contributed by atoms with Gasteiger partial charge in [-0.2, -0.15) is 0 Å². The van der Waals surface area contributed by atoms with Crippen molar-refractivity contribution in [1.82, 2.24) is 0 Å². The average Bonchev–Trinajstić information content (AvgIpc) is 3.15. The van der Waals surface area contributed by atoms with Crippen LogP contribution in [0, 0.1) is 11.8 Å². The van der Waals surface area contributed by atoms with Crippen molar-refractivity contribution in [3.8, 4) is 11.8 Å². The zero-order valence-electron chi connectivity index (χ0n) is 17.2. The van der Waals surface area contributed by atoms with Crippen LogP contribution in [0.3, 0.4) is 0 Å². The molecule has 27 heavy (non-hydrogen) atoms. The molecular formula is C23H38O4. The highest BCUT2D eigenvalue weighted by Gasteiger charge is 2.19. The number of ether oxygens (including phenoxy) is 2. The number of unbranched alkanes of at least 4 members (excludes halogenated alkanes) is 8. The molecule has 0 aromatic carbocycles. The van der Waals surface area contributed by atoms with Gasteiger partial charge in [0.05, 0.1) is 0 Å². The van der Waals surface area contributed by atoms with Gasteiger partial charge in [-0.25, -0.2) is 0 Å². The highest BCUT2D eigenvalue weighted by Crippen LogP contribution is 2.21. The summed E-state index contributed by atoms with van der Waals surface area (Å²) < 4.78 is 10.4. The molecule has 0 aliphatic heterocycles. The molecule has 0 atom stereocenters. The van der Waals surface area contributed by atoms with Gasteiger partial charge < -0.3 is 9.47 Å². The van der Waals surface area contributed by atoms with Gasteiger partial charge in [0.2, 0.25) is 0 Å². The van der Waals surface area contributed by atoms with E-state index in [1.165, 1.54) is 44.9 Å². The molecule has 0 N–H and O–H groups in total. The third-order valence-corrected chi connectivity index (χ3v) is 4.95. The zero-order chi connectivity index (χ0) is 19.6. The van der Waals surface area contributed by atoms with Crippen molar-refractivity contribution in [1.29, 1.82) is 0 Å². The van der Waals surface area contributed by atoms with Gasteiger partial charge in [-0.1, -0.05) is 63.7 Å². The SMILES string of the molecule is CCCCCCCCCCC#CCOC(=O)CCCC(=O)OC1CCCC1. The first kappa shape index (κ1) is 23.5. The van der Waals surface area contributed by atoms with Gasteiger partial charge in [0.1, 0.15) is 6.10 Å². The third kappa shape index (κ3) is 14.3. The van der Waals surface area contributed by atoms with Crippen molar-refractivity contribution >= 4 is 11.9 Å². The van der Waals surface area contributed by atoms with Crippen LogP contribution in [0.5, 0.6) is 0 Å². The molecule has 1 fully saturated rings. The van der Waals surface area contributed by atoms with Gasteiger partial charge in [-0.3, -0.25) is 9.59 Å². The Morgan fingerprint density at radius 3 is 2.15 bits per heavy atom. The maximum absolute atomic E-state index is 11.7. The van der Waals surface area contributed by atoms with Crippen LogP contribution in [0.25, 0.3) is 0 Å². The molecule has 4 heteroatoms. The summed E-state index contributed by atoms with van der Waals surface area (Å²) in [6, 6.07) is 0. The van der Waals surface area contributed by atoms with E-state index in [9.17, 15) is 9.59 Å². The molecule has 0 radical (unpaired) electrons. The van der Waals surface area contributed by atoms with Crippen LogP contribution in [0.1, 0.15) is 110 Å². The van der Waals surface area contributed by atoms with Crippen molar-refractivity contribution in [2.75, 3.05) is 6.61 Å². The number of carbonyl (C=O) groups excluding carboxylic acids is 2. The van der Waals surface area contributed by atoms with Crippen LogP contribution >= 0.6 is 0 Å². The minimum Gasteiger partial charge on any atom is -0.462 e. The lowest BCUT2D eigenvalue weighted by Gasteiger charge is -2.10. The van der Waals surface area contributed by atoms with Crippen LogP contribution < -0.4 is 0 Å². The van der Waals surface area contributed by atoms with E-state index in [1.54, 1.807) is 0 Å². The van der Waals surface area contributed by atoms with E-state index in [0.29, 0.717) is 6.42 Å². The van der Waals surface area contributed by atoms with E-state index in [4.69, 9.17) is 9.47 Å². The Bertz CT molecular complexity index is 455. The highest BCUT2D eigenvalue weighted by molar-refractivity contribution is 5.72. The van der Waals surface area contributed by atoms with E-state index in [1.807, 2.05) is 0 Å². The first-order valence-electron chi connectivity index (χ1n) is 11.0. The lowest BCUT2D eigenvalue weighted by Crippen LogP contribution is -2.15. The molecule has 0 spiro atoms. The Labute approximate surface area is 165 Å². The summed E-state index contributed by atoms with van der Waals surface area (Å²) in [5.74, 6) is 5.48. The number of hydrogen-bond donors (Lipinski definition) is 0. The summed E-state index contributed by atoms with van der Waals surface area (Å²) in [7, 11) is 0. The number of carbonyl (C=O) groups is 2. The quantitative estimate of drug-likeness (QED) is 0.220. The van der Waals surface area contributed by atoms with E-state index < -0.39 is 0 Å². The zero-order valence-corrected chi connectivity index (χ0v) is 17.2. The van der Waals surface area contributed by atoms with Gasteiger partial charge in [0, 0.05) is 19.3 Å². The summed E-state index contributed by atoms with van der Waals surface area (Å²) in [5, 5.41) is 0. The normalized spacial score (nSPS) is 13.8. The standard InChI is InChI=1S/C23H38O4/c1-2-3-4-5-6-7-8-9-10-11-14-20-26-22(24)18-15-19-23(25)27-21-16-12-13-17-21/h21H,2-10,12-13,15-20H2,1H3. The monoisotopic (exact) mass is 378 g/mol. The number of esters is 2. The molecule has 1 saturated carbocycles. The molecule has 1 rings (SSSR count). The Balaban J connectivity index is 1.88. The second-order valence-electron chi connectivity index (χ2n) is 7.49. The molecule has 4 nitrogen and oxygen atoms in total. The predicted octanol–water partition coefficient (Wildman–Crippen LogP) is 5.72. The van der Waals surface area contributed by atoms with Crippen molar-refractivity contribution < 1.29 is 19.1 Å². The second-order valence-corrected chi connectivity index (χ2v) is 7.49. The first-order chi connectivity index (χ1) is 13.2. The third-order valence-electron chi connectivity index (χ3n) is 4.95. The van der Waals surface area contributed by atoms with Gasteiger partial charge in [0.15, 0.2) is 6.61 Å². The topological polar surface area (TPSA) is 52.6 Å². The van der Waals surface area contributed by atoms with Gasteiger partial charge >= 0.3 is 11.9 Å². The van der Waals surface area contributed by atoms with E-state index >= 15 is 0 Å². The summed E-state index contributed by atoms with van der Waals surface area (Å²) in [6.07, 6.45) is 16.6. The van der Waals surface area contributed by atoms with Crippen LogP contribution in [-0.4, -0.2) is 24.6 Å². The first-order valence-corrected chi connectivity index (χ1v) is 11.0. The molecular weight excluding hydrogens is 340 g/mol. The lowest BCUT2D eigenvalue weighted by atomic mass is 10.1. The van der Waals surface area contributed by atoms with Crippen molar-refractivity contribution in [3.05, 3.63) is 0 Å². The molecule has 0 unspecified atom stereocenters. The highest BCUT2D eigenvalue weighted by atomic mass is 16.5. The van der Waals surface area contributed by atoms with Gasteiger partial charge in [-0.05, 0) is 38.5 Å². The number of rotatable bonds is 14. The van der Waals surface area contributed by atoms with Crippen molar-refractivity contribution in [3.63, 3.8) is 0 Å². The molecule has 0 heterocycles. The fraction of sp³-hybridized carbons (Fsp3) is 0.826. The Morgan fingerprint density at radius 2 is 1.44 bits per heavy atom. The largest absolute Gasteiger partial charge is 0.462 e. The minimum atomic E-state index is -0.287. The van der Waals surface area contributed by atoms with Crippen molar-refractivity contribution in [2.45, 2.75) is 116 Å². The summed E-state index contributed by atoms with van der Waals surface area (Å²) >= 11 is 0. The Hall–Kier alpha value is -1.50. The summed E-state index contributed by atoms with van der Waals surface area (Å²) in [4.78, 5) is 23.3. The second kappa shape index (κ2) is 16.7. The van der Waals surface area contributed by atoms with Crippen LogP contribution in [-0.2, 0) is 19.1 Å². The molecule has 0 aromatic heterocycles. The van der Waals surface area contributed by atoms with Crippen LogP contribution in [0.2, 0.25) is 0 Å². The summed E-state index contributed by atoms with van der Waals surface area (Å²) in [5.41, 5.74) is 0. The maximum Gasteiger partial charge on any atom is 0.306 e. The van der Waals surface area contributed by atoms with Crippen LogP contribution in [0.4, 0.5) is 0 Å². The average molecular weight is 379 g/mol. The number of hydrogen-bond acceptors (Lipinski definition) is 4. The van der Waals surface area contributed by atoms with Gasteiger partial charge in [0.25, 0.3) is 0 Å². The smallest absolute Gasteiger partial charge is 0.306 e. The molecule has 0 aromatic rings. The molecule has 1 aliphatic rings. The molecule has 0 bridgehead atoms. The minimum absolute atomic E-state index is 0.0979. The van der Waals surface area contributed by atoms with E-state index in [0.717, 1.165) is 38.5 Å². The molecule has 0 amide bonds. The van der Waals surface area contributed by atoms with Crippen molar-refractivity contribution in [2.24, 2.45) is 0 Å². The van der Waals surface area contributed by atoms with Crippen LogP contribution in [0.15, 0.2) is 0 Å². The maximum atomic E-state index is 11.7. The lowest BCUT2D eigenvalue weighted by molar-refractivity contribution is -0.149. The molecule has 154 valence electrons. The van der Waals surface area contributed by atoms with E-state index in [-0.39, 0.29) is 37.5 Å². The molecule has 1 aliphatic carbocycles. The Kier molecular flexibility index (Phi) is 14.5. The summed E-state index contributed by atoms with van der Waals surface area (Å²) in [6.45, 7) is 2.40. The van der Waals surface area contributed by atoms with E-state index in [2.05, 4.69) is 18.8 Å².